The van der Waals surface area contributed by atoms with Crippen molar-refractivity contribution in [3.63, 3.8) is 0 Å². The summed E-state index contributed by atoms with van der Waals surface area (Å²) in [5.74, 6) is -0.309. The number of amides is 2. The summed E-state index contributed by atoms with van der Waals surface area (Å²) in [7, 11) is -2.80. The molecule has 46 heavy (non-hydrogen) atoms. The summed E-state index contributed by atoms with van der Waals surface area (Å²) in [4.78, 5) is 29.7. The van der Waals surface area contributed by atoms with Crippen LogP contribution in [-0.2, 0) is 32.6 Å². The van der Waals surface area contributed by atoms with Gasteiger partial charge in [-0.2, -0.15) is 0 Å². The number of hydrogen-bond donors (Lipinski definition) is 1. The standard InChI is InChI=1S/C35H37Cl2N3O5S/c1-25(2)22-38-35(42)33(20-26-10-5-4-6-11-26)39(23-27-12-7-8-15-32(27)37)34(41)24-40(29-14-9-13-28(36)21-29)46(43,44)31-18-16-30(45-3)17-19-31/h4-19,21,25,33H,20,22-24H2,1-3H3,(H,38,42). The third-order valence-electron chi connectivity index (χ3n) is 7.28. The molecule has 4 aromatic rings. The molecule has 1 atom stereocenters. The van der Waals surface area contributed by atoms with E-state index >= 15 is 0 Å². The van der Waals surface area contributed by atoms with Crippen molar-refractivity contribution in [3.05, 3.63) is 124 Å². The molecule has 0 spiro atoms. The normalized spacial score (nSPS) is 12.0. The summed E-state index contributed by atoms with van der Waals surface area (Å²) in [5, 5.41) is 3.68. The second-order valence-corrected chi connectivity index (χ2v) is 13.8. The molecule has 1 unspecified atom stereocenters. The Kier molecular flexibility index (Phi) is 12.1. The smallest absolute Gasteiger partial charge is 0.264 e. The number of carbonyl (C=O) groups excluding carboxylic acids is 2. The molecule has 4 aromatic carbocycles. The number of ether oxygens (including phenoxy) is 1. The Morgan fingerprint density at radius 3 is 2.17 bits per heavy atom. The van der Waals surface area contributed by atoms with E-state index < -0.39 is 28.5 Å². The lowest BCUT2D eigenvalue weighted by atomic mass is 10.0. The first kappa shape index (κ1) is 34.8. The van der Waals surface area contributed by atoms with Crippen molar-refractivity contribution >= 4 is 50.7 Å². The van der Waals surface area contributed by atoms with Gasteiger partial charge in [0.25, 0.3) is 10.0 Å². The molecule has 11 heteroatoms. The van der Waals surface area contributed by atoms with Crippen LogP contribution in [0, 0.1) is 5.92 Å². The van der Waals surface area contributed by atoms with E-state index in [9.17, 15) is 18.0 Å². The van der Waals surface area contributed by atoms with Crippen molar-refractivity contribution in [2.24, 2.45) is 5.92 Å². The molecule has 0 heterocycles. The summed E-state index contributed by atoms with van der Waals surface area (Å²) in [6.45, 7) is 3.72. The van der Waals surface area contributed by atoms with Crippen LogP contribution in [0.5, 0.6) is 5.75 Å². The Bertz CT molecular complexity index is 1730. The number of nitrogens with one attached hydrogen (secondary N) is 1. The van der Waals surface area contributed by atoms with E-state index in [2.05, 4.69) is 5.32 Å². The molecule has 8 nitrogen and oxygen atoms in total. The zero-order valence-corrected chi connectivity index (χ0v) is 28.2. The molecule has 1 N–H and O–H groups in total. The summed E-state index contributed by atoms with van der Waals surface area (Å²) >= 11 is 12.8. The fourth-order valence-corrected chi connectivity index (χ4v) is 6.61. The lowest BCUT2D eigenvalue weighted by Crippen LogP contribution is -2.53. The van der Waals surface area contributed by atoms with Gasteiger partial charge in [0.05, 0.1) is 17.7 Å². The molecule has 0 saturated carbocycles. The van der Waals surface area contributed by atoms with Crippen molar-refractivity contribution in [2.45, 2.75) is 37.8 Å². The zero-order valence-electron chi connectivity index (χ0n) is 25.9. The zero-order chi connectivity index (χ0) is 33.3. The van der Waals surface area contributed by atoms with Crippen LogP contribution in [0.15, 0.2) is 108 Å². The number of benzene rings is 4. The number of halogens is 2. The van der Waals surface area contributed by atoms with Crippen LogP contribution in [0.4, 0.5) is 5.69 Å². The Morgan fingerprint density at radius 1 is 0.870 bits per heavy atom. The maximum Gasteiger partial charge on any atom is 0.264 e. The summed E-state index contributed by atoms with van der Waals surface area (Å²) < 4.78 is 34.5. The van der Waals surface area contributed by atoms with Gasteiger partial charge in [0.2, 0.25) is 11.8 Å². The number of sulfonamides is 1. The monoisotopic (exact) mass is 681 g/mol. The van der Waals surface area contributed by atoms with Crippen molar-refractivity contribution in [3.8, 4) is 5.75 Å². The minimum absolute atomic E-state index is 0.0307. The Labute approximate surface area is 280 Å². The van der Waals surface area contributed by atoms with Crippen LogP contribution in [0.25, 0.3) is 0 Å². The molecule has 0 aliphatic heterocycles. The fraction of sp³-hybridized carbons (Fsp3) is 0.257. The molecule has 2 amide bonds. The molecular weight excluding hydrogens is 645 g/mol. The first-order valence-corrected chi connectivity index (χ1v) is 17.0. The second kappa shape index (κ2) is 16.0. The number of rotatable bonds is 14. The number of carbonyl (C=O) groups is 2. The highest BCUT2D eigenvalue weighted by atomic mass is 35.5. The van der Waals surface area contributed by atoms with Gasteiger partial charge in [-0.15, -0.1) is 0 Å². The average molecular weight is 683 g/mol. The van der Waals surface area contributed by atoms with Gasteiger partial charge in [0, 0.05) is 29.6 Å². The topological polar surface area (TPSA) is 96.0 Å². The predicted molar refractivity (Wildman–Crippen MR) is 183 cm³/mol. The minimum atomic E-state index is -4.29. The Hall–Kier alpha value is -4.05. The van der Waals surface area contributed by atoms with E-state index in [1.54, 1.807) is 42.5 Å². The third kappa shape index (κ3) is 9.02. The van der Waals surface area contributed by atoms with Crippen molar-refractivity contribution in [2.75, 3.05) is 24.5 Å². The number of hydrogen-bond acceptors (Lipinski definition) is 5. The molecule has 242 valence electrons. The molecule has 0 radical (unpaired) electrons. The predicted octanol–water partition coefficient (Wildman–Crippen LogP) is 6.61. The van der Waals surface area contributed by atoms with Crippen molar-refractivity contribution in [1.29, 1.82) is 0 Å². The minimum Gasteiger partial charge on any atom is -0.497 e. The summed E-state index contributed by atoms with van der Waals surface area (Å²) in [6.07, 6.45) is 0.198. The largest absolute Gasteiger partial charge is 0.497 e. The van der Waals surface area contributed by atoms with Crippen LogP contribution in [0.3, 0.4) is 0 Å². The fourth-order valence-electron chi connectivity index (χ4n) is 4.82. The first-order valence-electron chi connectivity index (χ1n) is 14.8. The number of methoxy groups -OCH3 is 1. The molecule has 0 fully saturated rings. The van der Waals surface area contributed by atoms with E-state index in [-0.39, 0.29) is 35.4 Å². The lowest BCUT2D eigenvalue weighted by Gasteiger charge is -2.34. The molecule has 4 rings (SSSR count). The third-order valence-corrected chi connectivity index (χ3v) is 9.67. The highest BCUT2D eigenvalue weighted by Crippen LogP contribution is 2.28. The van der Waals surface area contributed by atoms with Gasteiger partial charge in [-0.1, -0.05) is 91.6 Å². The van der Waals surface area contributed by atoms with Crippen LogP contribution < -0.4 is 14.4 Å². The lowest BCUT2D eigenvalue weighted by molar-refractivity contribution is -0.140. The van der Waals surface area contributed by atoms with Gasteiger partial charge in [0.15, 0.2) is 0 Å². The second-order valence-electron chi connectivity index (χ2n) is 11.1. The van der Waals surface area contributed by atoms with Gasteiger partial charge < -0.3 is 15.0 Å². The quantitative estimate of drug-likeness (QED) is 0.162. The summed E-state index contributed by atoms with van der Waals surface area (Å²) in [6, 6.07) is 27.6. The van der Waals surface area contributed by atoms with Crippen LogP contribution >= 0.6 is 23.2 Å². The van der Waals surface area contributed by atoms with Crippen LogP contribution in [0.2, 0.25) is 10.0 Å². The van der Waals surface area contributed by atoms with E-state index in [1.807, 2.05) is 44.2 Å². The molecule has 0 aliphatic rings. The van der Waals surface area contributed by atoms with Gasteiger partial charge in [-0.05, 0) is 65.6 Å². The van der Waals surface area contributed by atoms with E-state index in [0.717, 1.165) is 9.87 Å². The molecular formula is C35H37Cl2N3O5S. The van der Waals surface area contributed by atoms with E-state index in [4.69, 9.17) is 27.9 Å². The van der Waals surface area contributed by atoms with E-state index in [1.165, 1.54) is 42.3 Å². The maximum absolute atomic E-state index is 14.5. The van der Waals surface area contributed by atoms with Gasteiger partial charge >= 0.3 is 0 Å². The Morgan fingerprint density at radius 2 is 1.54 bits per heavy atom. The van der Waals surface area contributed by atoms with Crippen LogP contribution in [0.1, 0.15) is 25.0 Å². The van der Waals surface area contributed by atoms with Gasteiger partial charge in [-0.25, -0.2) is 8.42 Å². The Balaban J connectivity index is 1.81. The SMILES string of the molecule is COc1ccc(S(=O)(=O)N(CC(=O)N(Cc2ccccc2Cl)C(Cc2ccccc2)C(=O)NCC(C)C)c2cccc(Cl)c2)cc1. The first-order chi connectivity index (χ1) is 22.0. The highest BCUT2D eigenvalue weighted by molar-refractivity contribution is 7.92. The van der Waals surface area contributed by atoms with Crippen molar-refractivity contribution < 1.29 is 22.7 Å². The van der Waals surface area contributed by atoms with Gasteiger partial charge in [-0.3, -0.25) is 13.9 Å². The maximum atomic E-state index is 14.5. The van der Waals surface area contributed by atoms with Crippen molar-refractivity contribution in [1.82, 2.24) is 10.2 Å². The highest BCUT2D eigenvalue weighted by Gasteiger charge is 2.35. The van der Waals surface area contributed by atoms with Gasteiger partial charge in [0.1, 0.15) is 18.3 Å². The number of nitrogens with zero attached hydrogens (tertiary/aromatic N) is 2. The van der Waals surface area contributed by atoms with E-state index in [0.29, 0.717) is 27.9 Å². The van der Waals surface area contributed by atoms with Crippen LogP contribution in [-0.4, -0.2) is 51.4 Å². The average Bonchev–Trinajstić information content (AvgIpc) is 3.05. The summed E-state index contributed by atoms with van der Waals surface area (Å²) in [5.41, 5.74) is 1.64. The number of anilines is 1. The molecule has 0 aromatic heterocycles. The molecule has 0 saturated heterocycles. The molecule has 0 aliphatic carbocycles. The molecule has 0 bridgehead atoms.